The van der Waals surface area contributed by atoms with Crippen LogP contribution in [0.5, 0.6) is 5.75 Å². The number of aromatic nitrogens is 1. The Bertz CT molecular complexity index is 692. The average Bonchev–Trinajstić information content (AvgIpc) is 2.46. The maximum atomic E-state index is 12.9. The van der Waals surface area contributed by atoms with Crippen molar-refractivity contribution < 1.29 is 27.2 Å². The standard InChI is InChI=1S/C14H11F4N3O2/c15-9-2-1-3-11(6-9)23-20-8-13(22)21-10-4-5-19-12(7-10)14(16,17)18/h1-7,20H,8H2,(H,19,21,22). The molecule has 2 aromatic rings. The lowest BCUT2D eigenvalue weighted by atomic mass is 10.3. The zero-order valence-electron chi connectivity index (χ0n) is 11.5. The summed E-state index contributed by atoms with van der Waals surface area (Å²) in [5.74, 6) is -0.994. The molecule has 0 spiro atoms. The number of nitrogens with one attached hydrogen (secondary N) is 2. The van der Waals surface area contributed by atoms with Crippen molar-refractivity contribution in [3.05, 3.63) is 54.1 Å². The molecule has 0 radical (unpaired) electrons. The van der Waals surface area contributed by atoms with E-state index in [-0.39, 0.29) is 18.0 Å². The minimum atomic E-state index is -4.60. The van der Waals surface area contributed by atoms with Gasteiger partial charge in [-0.2, -0.15) is 13.2 Å². The summed E-state index contributed by atoms with van der Waals surface area (Å²) in [5, 5.41) is 2.26. The van der Waals surface area contributed by atoms with E-state index < -0.39 is 23.6 Å². The quantitative estimate of drug-likeness (QED) is 0.654. The molecule has 5 nitrogen and oxygen atoms in total. The summed E-state index contributed by atoms with van der Waals surface area (Å²) < 4.78 is 50.4. The van der Waals surface area contributed by atoms with Gasteiger partial charge in [-0.1, -0.05) is 6.07 Å². The Hall–Kier alpha value is -2.68. The van der Waals surface area contributed by atoms with Gasteiger partial charge in [0.05, 0.1) is 0 Å². The predicted octanol–water partition coefficient (Wildman–Crippen LogP) is 2.76. The number of hydrogen-bond donors (Lipinski definition) is 2. The topological polar surface area (TPSA) is 63.2 Å². The molecule has 1 amide bonds. The Labute approximate surface area is 128 Å². The summed E-state index contributed by atoms with van der Waals surface area (Å²) in [4.78, 5) is 19.7. The van der Waals surface area contributed by atoms with Crippen molar-refractivity contribution in [2.45, 2.75) is 6.18 Å². The molecular formula is C14H11F4N3O2. The third kappa shape index (κ3) is 5.22. The molecule has 0 saturated heterocycles. The number of anilines is 1. The fourth-order valence-electron chi connectivity index (χ4n) is 1.58. The van der Waals surface area contributed by atoms with Crippen LogP contribution < -0.4 is 15.6 Å². The Balaban J connectivity index is 1.85. The van der Waals surface area contributed by atoms with Gasteiger partial charge < -0.3 is 10.2 Å². The summed E-state index contributed by atoms with van der Waals surface area (Å²) >= 11 is 0. The first-order valence-corrected chi connectivity index (χ1v) is 6.33. The lowest BCUT2D eigenvalue weighted by molar-refractivity contribution is -0.141. The van der Waals surface area contributed by atoms with Gasteiger partial charge in [-0.15, -0.1) is 5.48 Å². The zero-order valence-corrected chi connectivity index (χ0v) is 11.5. The smallest absolute Gasteiger partial charge is 0.408 e. The van der Waals surface area contributed by atoms with Crippen molar-refractivity contribution in [3.8, 4) is 5.75 Å². The van der Waals surface area contributed by atoms with E-state index in [4.69, 9.17) is 4.84 Å². The first-order valence-electron chi connectivity index (χ1n) is 6.33. The summed E-state index contributed by atoms with van der Waals surface area (Å²) in [6.45, 7) is -0.347. The van der Waals surface area contributed by atoms with E-state index >= 15 is 0 Å². The molecule has 0 fully saturated rings. The maximum absolute atomic E-state index is 12.9. The van der Waals surface area contributed by atoms with E-state index in [1.807, 2.05) is 0 Å². The van der Waals surface area contributed by atoms with E-state index in [1.54, 1.807) is 0 Å². The highest BCUT2D eigenvalue weighted by atomic mass is 19.4. The Kier molecular flexibility index (Phi) is 5.12. The van der Waals surface area contributed by atoms with Crippen molar-refractivity contribution in [3.63, 3.8) is 0 Å². The molecule has 1 heterocycles. The van der Waals surface area contributed by atoms with Crippen LogP contribution in [0.1, 0.15) is 5.69 Å². The van der Waals surface area contributed by atoms with E-state index in [1.165, 1.54) is 24.3 Å². The second kappa shape index (κ2) is 7.05. The molecule has 0 unspecified atom stereocenters. The number of halogens is 4. The van der Waals surface area contributed by atoms with Crippen LogP contribution in [0.2, 0.25) is 0 Å². The fraction of sp³-hybridized carbons (Fsp3) is 0.143. The minimum absolute atomic E-state index is 0.0510. The summed E-state index contributed by atoms with van der Waals surface area (Å²) in [6, 6.07) is 7.14. The molecule has 2 N–H and O–H groups in total. The molecule has 0 aliphatic heterocycles. The van der Waals surface area contributed by atoms with Crippen molar-refractivity contribution in [2.24, 2.45) is 0 Å². The number of carbonyl (C=O) groups excluding carboxylic acids is 1. The van der Waals surface area contributed by atoms with Gasteiger partial charge in [-0.05, 0) is 24.3 Å². The zero-order chi connectivity index (χ0) is 16.9. The predicted molar refractivity (Wildman–Crippen MR) is 72.9 cm³/mol. The number of nitrogens with zero attached hydrogens (tertiary/aromatic N) is 1. The molecule has 0 bridgehead atoms. The van der Waals surface area contributed by atoms with Crippen LogP contribution in [0.15, 0.2) is 42.6 Å². The van der Waals surface area contributed by atoms with E-state index in [0.29, 0.717) is 6.07 Å². The van der Waals surface area contributed by atoms with Crippen LogP contribution in [0.25, 0.3) is 0 Å². The first-order chi connectivity index (χ1) is 10.8. The number of amides is 1. The van der Waals surface area contributed by atoms with Gasteiger partial charge in [-0.3, -0.25) is 9.78 Å². The molecule has 0 aliphatic rings. The lowest BCUT2D eigenvalue weighted by Gasteiger charge is -2.10. The highest BCUT2D eigenvalue weighted by Crippen LogP contribution is 2.28. The molecule has 0 aliphatic carbocycles. The van der Waals surface area contributed by atoms with Crippen molar-refractivity contribution in [2.75, 3.05) is 11.9 Å². The highest BCUT2D eigenvalue weighted by Gasteiger charge is 2.32. The van der Waals surface area contributed by atoms with E-state index in [0.717, 1.165) is 12.3 Å². The normalized spacial score (nSPS) is 11.1. The van der Waals surface area contributed by atoms with Crippen LogP contribution in [0.3, 0.4) is 0 Å². The van der Waals surface area contributed by atoms with Crippen molar-refractivity contribution >= 4 is 11.6 Å². The monoisotopic (exact) mass is 329 g/mol. The average molecular weight is 329 g/mol. The number of alkyl halides is 3. The molecule has 0 saturated carbocycles. The van der Waals surface area contributed by atoms with E-state index in [9.17, 15) is 22.4 Å². The van der Waals surface area contributed by atoms with Gasteiger partial charge in [0.15, 0.2) is 0 Å². The number of pyridine rings is 1. The van der Waals surface area contributed by atoms with Crippen LogP contribution in [0.4, 0.5) is 23.2 Å². The summed E-state index contributed by atoms with van der Waals surface area (Å²) in [6.07, 6.45) is -3.66. The maximum Gasteiger partial charge on any atom is 0.433 e. The van der Waals surface area contributed by atoms with Crippen LogP contribution >= 0.6 is 0 Å². The fourth-order valence-corrected chi connectivity index (χ4v) is 1.58. The Morgan fingerprint density at radius 1 is 1.22 bits per heavy atom. The molecule has 2 rings (SSSR count). The van der Waals surface area contributed by atoms with Crippen LogP contribution in [-0.4, -0.2) is 17.4 Å². The second-order valence-corrected chi connectivity index (χ2v) is 4.36. The molecular weight excluding hydrogens is 318 g/mol. The van der Waals surface area contributed by atoms with E-state index in [2.05, 4.69) is 15.8 Å². The van der Waals surface area contributed by atoms with Crippen molar-refractivity contribution in [1.29, 1.82) is 0 Å². The van der Waals surface area contributed by atoms with Gasteiger partial charge in [0.25, 0.3) is 0 Å². The minimum Gasteiger partial charge on any atom is -0.408 e. The number of hydrogen-bond acceptors (Lipinski definition) is 4. The lowest BCUT2D eigenvalue weighted by Crippen LogP contribution is -2.30. The Morgan fingerprint density at radius 2 is 2.00 bits per heavy atom. The number of carbonyl (C=O) groups is 1. The molecule has 9 heteroatoms. The SMILES string of the molecule is O=C(CNOc1cccc(F)c1)Nc1ccnc(C(F)(F)F)c1. The van der Waals surface area contributed by atoms with Crippen LogP contribution in [0, 0.1) is 5.82 Å². The largest absolute Gasteiger partial charge is 0.433 e. The van der Waals surface area contributed by atoms with Crippen molar-refractivity contribution in [1.82, 2.24) is 10.5 Å². The van der Waals surface area contributed by atoms with Gasteiger partial charge in [-0.25, -0.2) is 4.39 Å². The second-order valence-electron chi connectivity index (χ2n) is 4.36. The third-order valence-corrected chi connectivity index (χ3v) is 2.55. The number of benzene rings is 1. The summed E-state index contributed by atoms with van der Waals surface area (Å²) in [7, 11) is 0. The number of rotatable bonds is 5. The van der Waals surface area contributed by atoms with Crippen LogP contribution in [-0.2, 0) is 11.0 Å². The van der Waals surface area contributed by atoms with Gasteiger partial charge in [0.2, 0.25) is 5.91 Å². The molecule has 122 valence electrons. The number of hydroxylamine groups is 1. The van der Waals surface area contributed by atoms with Gasteiger partial charge in [0.1, 0.15) is 23.8 Å². The molecule has 0 atom stereocenters. The molecule has 23 heavy (non-hydrogen) atoms. The van der Waals surface area contributed by atoms with Gasteiger partial charge >= 0.3 is 6.18 Å². The Morgan fingerprint density at radius 3 is 2.70 bits per heavy atom. The first kappa shape index (κ1) is 16.7. The molecule has 1 aromatic heterocycles. The highest BCUT2D eigenvalue weighted by molar-refractivity contribution is 5.92. The van der Waals surface area contributed by atoms with Gasteiger partial charge in [0, 0.05) is 18.0 Å². The third-order valence-electron chi connectivity index (χ3n) is 2.55. The summed E-state index contributed by atoms with van der Waals surface area (Å²) in [5.41, 5.74) is 1.11. The molecule has 1 aromatic carbocycles.